The number of ether oxygens (including phenoxy) is 2. The number of amides is 1. The van der Waals surface area contributed by atoms with Crippen LogP contribution in [0.25, 0.3) is 0 Å². The standard InChI is InChI=1S/C23H21FN2O4S/c1-3-30-20-10-14(4-9-19(20)29-2)17-11-21(27)26-22(18(17)12-25)31-13-23(26,28)15-5-7-16(24)8-6-15/h4-10,17,28H,3,11,13H2,1-2H3. The summed E-state index contributed by atoms with van der Waals surface area (Å²) in [5.74, 6) is 0.0791. The number of carbonyl (C=O) groups excluding carboxylic acids is 1. The van der Waals surface area contributed by atoms with Crippen LogP contribution in [0.15, 0.2) is 53.1 Å². The number of thioether (sulfide) groups is 1. The number of methoxy groups -OCH3 is 1. The third-order valence-electron chi connectivity index (χ3n) is 5.51. The number of benzene rings is 2. The van der Waals surface area contributed by atoms with Crippen molar-refractivity contribution >= 4 is 17.7 Å². The molecule has 2 aliphatic heterocycles. The second-order valence-corrected chi connectivity index (χ2v) is 8.24. The lowest BCUT2D eigenvalue weighted by atomic mass is 9.85. The molecule has 8 heteroatoms. The van der Waals surface area contributed by atoms with Crippen molar-refractivity contribution in [1.29, 1.82) is 5.26 Å². The average molecular weight is 440 g/mol. The van der Waals surface area contributed by atoms with E-state index in [9.17, 15) is 19.6 Å². The third-order valence-corrected chi connectivity index (χ3v) is 6.73. The molecule has 0 saturated carbocycles. The molecule has 2 aromatic rings. The molecule has 0 radical (unpaired) electrons. The van der Waals surface area contributed by atoms with Crippen LogP contribution in [-0.2, 0) is 10.5 Å². The van der Waals surface area contributed by atoms with E-state index < -0.39 is 17.5 Å². The lowest BCUT2D eigenvalue weighted by Crippen LogP contribution is -2.48. The highest BCUT2D eigenvalue weighted by atomic mass is 32.2. The number of hydrogen-bond donors (Lipinski definition) is 1. The maximum absolute atomic E-state index is 13.4. The molecule has 160 valence electrons. The Labute approximate surface area is 183 Å². The van der Waals surface area contributed by atoms with Crippen LogP contribution in [0.5, 0.6) is 11.5 Å². The van der Waals surface area contributed by atoms with Crippen LogP contribution in [-0.4, -0.2) is 35.4 Å². The normalized spacial score (nSPS) is 22.9. The lowest BCUT2D eigenvalue weighted by molar-refractivity contribution is -0.149. The first-order chi connectivity index (χ1) is 14.9. The first-order valence-corrected chi connectivity index (χ1v) is 10.8. The fraction of sp³-hybridized carbons (Fsp3) is 0.304. The zero-order valence-corrected chi connectivity index (χ0v) is 17.9. The molecule has 0 spiro atoms. The van der Waals surface area contributed by atoms with Crippen molar-refractivity contribution in [3.63, 3.8) is 0 Å². The van der Waals surface area contributed by atoms with E-state index >= 15 is 0 Å². The van der Waals surface area contributed by atoms with Gasteiger partial charge in [-0.25, -0.2) is 4.39 Å². The summed E-state index contributed by atoms with van der Waals surface area (Å²) in [4.78, 5) is 14.5. The fourth-order valence-electron chi connectivity index (χ4n) is 4.02. The summed E-state index contributed by atoms with van der Waals surface area (Å²) in [7, 11) is 1.55. The quantitative estimate of drug-likeness (QED) is 0.760. The SMILES string of the molecule is CCOc1cc(C2CC(=O)N3C(=C2C#N)SCC3(O)c2ccc(F)cc2)ccc1OC. The number of carbonyl (C=O) groups is 1. The minimum atomic E-state index is -1.63. The highest BCUT2D eigenvalue weighted by Crippen LogP contribution is 2.52. The van der Waals surface area contributed by atoms with Crippen LogP contribution < -0.4 is 9.47 Å². The van der Waals surface area contributed by atoms with Crippen molar-refractivity contribution in [2.24, 2.45) is 0 Å². The van der Waals surface area contributed by atoms with Gasteiger partial charge in [-0.05, 0) is 36.8 Å². The van der Waals surface area contributed by atoms with Crippen molar-refractivity contribution in [1.82, 2.24) is 4.90 Å². The number of allylic oxidation sites excluding steroid dienone is 1. The van der Waals surface area contributed by atoms with Gasteiger partial charge in [0.25, 0.3) is 0 Å². The van der Waals surface area contributed by atoms with Gasteiger partial charge in [0.1, 0.15) is 5.82 Å². The molecule has 1 amide bonds. The summed E-state index contributed by atoms with van der Waals surface area (Å²) >= 11 is 1.25. The lowest BCUT2D eigenvalue weighted by Gasteiger charge is -2.38. The zero-order chi connectivity index (χ0) is 22.2. The number of fused-ring (bicyclic) bond motifs is 1. The molecule has 6 nitrogen and oxygen atoms in total. The highest BCUT2D eigenvalue weighted by molar-refractivity contribution is 8.03. The summed E-state index contributed by atoms with van der Waals surface area (Å²) in [5, 5.41) is 21.7. The summed E-state index contributed by atoms with van der Waals surface area (Å²) in [6.07, 6.45) is 0.0222. The van der Waals surface area contributed by atoms with Crippen LogP contribution in [0.1, 0.15) is 30.4 Å². The first kappa shape index (κ1) is 21.2. The number of hydrogen-bond acceptors (Lipinski definition) is 6. The van der Waals surface area contributed by atoms with Gasteiger partial charge in [0, 0.05) is 17.9 Å². The van der Waals surface area contributed by atoms with Crippen LogP contribution in [0.3, 0.4) is 0 Å². The van der Waals surface area contributed by atoms with Gasteiger partial charge in [0.2, 0.25) is 5.91 Å². The maximum Gasteiger partial charge on any atom is 0.231 e. The van der Waals surface area contributed by atoms with Gasteiger partial charge in [-0.15, -0.1) is 11.8 Å². The van der Waals surface area contributed by atoms with Crippen LogP contribution in [0, 0.1) is 17.1 Å². The monoisotopic (exact) mass is 440 g/mol. The zero-order valence-electron chi connectivity index (χ0n) is 17.1. The summed E-state index contributed by atoms with van der Waals surface area (Å²) < 4.78 is 24.3. The molecule has 1 fully saturated rings. The van der Waals surface area contributed by atoms with E-state index in [0.29, 0.717) is 34.3 Å². The number of halogens is 1. The van der Waals surface area contributed by atoms with E-state index in [1.165, 1.54) is 40.9 Å². The minimum Gasteiger partial charge on any atom is -0.493 e. The van der Waals surface area contributed by atoms with Gasteiger partial charge in [-0.3, -0.25) is 9.69 Å². The Bertz CT molecular complexity index is 1100. The van der Waals surface area contributed by atoms with Crippen LogP contribution in [0.4, 0.5) is 4.39 Å². The molecule has 0 aliphatic carbocycles. The Morgan fingerprint density at radius 3 is 2.68 bits per heavy atom. The molecule has 0 aromatic heterocycles. The summed E-state index contributed by atoms with van der Waals surface area (Å²) in [5.41, 5.74) is -0.0493. The molecule has 4 rings (SSSR count). The van der Waals surface area contributed by atoms with Crippen LogP contribution >= 0.6 is 11.8 Å². The molecular weight excluding hydrogens is 419 g/mol. The molecule has 0 bridgehead atoms. The molecule has 2 aromatic carbocycles. The van der Waals surface area contributed by atoms with Gasteiger partial charge in [-0.1, -0.05) is 18.2 Å². The second-order valence-electron chi connectivity index (χ2n) is 7.27. The Hall–Kier alpha value is -3.02. The van der Waals surface area contributed by atoms with Crippen molar-refractivity contribution in [2.75, 3.05) is 19.5 Å². The molecule has 1 N–H and O–H groups in total. The average Bonchev–Trinajstić information content (AvgIpc) is 3.13. The predicted octanol–water partition coefficient (Wildman–Crippen LogP) is 3.88. The Kier molecular flexibility index (Phi) is 5.65. The van der Waals surface area contributed by atoms with Gasteiger partial charge in [0.05, 0.1) is 36.1 Å². The molecule has 2 heterocycles. The fourth-order valence-corrected chi connectivity index (χ4v) is 5.38. The number of aliphatic hydroxyl groups is 1. The van der Waals surface area contributed by atoms with Gasteiger partial charge in [-0.2, -0.15) is 5.26 Å². The van der Waals surface area contributed by atoms with Gasteiger partial charge >= 0.3 is 0 Å². The van der Waals surface area contributed by atoms with E-state index in [1.807, 2.05) is 13.0 Å². The summed E-state index contributed by atoms with van der Waals surface area (Å²) in [6, 6.07) is 13.0. The topological polar surface area (TPSA) is 82.8 Å². The van der Waals surface area contributed by atoms with Crippen molar-refractivity contribution in [3.8, 4) is 17.6 Å². The van der Waals surface area contributed by atoms with Crippen molar-refractivity contribution in [2.45, 2.75) is 25.0 Å². The van der Waals surface area contributed by atoms with E-state index in [1.54, 1.807) is 19.2 Å². The minimum absolute atomic E-state index is 0.0222. The molecular formula is C23H21FN2O4S. The molecule has 2 aliphatic rings. The van der Waals surface area contributed by atoms with Gasteiger partial charge < -0.3 is 14.6 Å². The molecule has 31 heavy (non-hydrogen) atoms. The Balaban J connectivity index is 1.77. The molecule has 2 unspecified atom stereocenters. The van der Waals surface area contributed by atoms with Crippen molar-refractivity contribution < 1.29 is 23.8 Å². The molecule has 2 atom stereocenters. The maximum atomic E-state index is 13.4. The highest BCUT2D eigenvalue weighted by Gasteiger charge is 2.51. The van der Waals surface area contributed by atoms with Crippen LogP contribution in [0.2, 0.25) is 0 Å². The second kappa shape index (κ2) is 8.25. The predicted molar refractivity (Wildman–Crippen MR) is 114 cm³/mol. The van der Waals surface area contributed by atoms with Crippen molar-refractivity contribution in [3.05, 3.63) is 70.0 Å². The van der Waals surface area contributed by atoms with E-state index in [2.05, 4.69) is 6.07 Å². The van der Waals surface area contributed by atoms with Gasteiger partial charge in [0.15, 0.2) is 17.2 Å². The Morgan fingerprint density at radius 2 is 2.03 bits per heavy atom. The number of rotatable bonds is 5. The van der Waals surface area contributed by atoms with E-state index in [4.69, 9.17) is 9.47 Å². The molecule has 1 saturated heterocycles. The summed E-state index contributed by atoms with van der Waals surface area (Å²) in [6.45, 7) is 2.31. The number of nitrogens with zero attached hydrogens (tertiary/aromatic N) is 2. The largest absolute Gasteiger partial charge is 0.493 e. The smallest absolute Gasteiger partial charge is 0.231 e. The number of nitriles is 1. The van der Waals surface area contributed by atoms with E-state index in [-0.39, 0.29) is 18.1 Å². The van der Waals surface area contributed by atoms with E-state index in [0.717, 1.165) is 5.56 Å². The first-order valence-electron chi connectivity index (χ1n) is 9.82. The Morgan fingerprint density at radius 1 is 1.29 bits per heavy atom. The third kappa shape index (κ3) is 3.54.